The minimum absolute atomic E-state index is 0.110. The molecule has 0 fully saturated rings. The number of hydrogen-bond donors (Lipinski definition) is 1. The molecule has 1 atom stereocenters. The Kier molecular flexibility index (Phi) is 4.91. The van der Waals surface area contributed by atoms with Crippen LogP contribution >= 0.6 is 0 Å². The third kappa shape index (κ3) is 3.40. The fraction of sp³-hybridized carbons (Fsp3) is 0.240. The van der Waals surface area contributed by atoms with E-state index in [-0.39, 0.29) is 6.04 Å². The van der Waals surface area contributed by atoms with Crippen molar-refractivity contribution < 1.29 is 0 Å². The Bertz CT molecular complexity index is 1150. The lowest BCUT2D eigenvalue weighted by Gasteiger charge is -2.15. The summed E-state index contributed by atoms with van der Waals surface area (Å²) in [5, 5.41) is 8.92. The summed E-state index contributed by atoms with van der Waals surface area (Å²) in [5.74, 6) is 0. The lowest BCUT2D eigenvalue weighted by Crippen LogP contribution is -2.27. The smallest absolute Gasteiger partial charge is 0.203 e. The van der Waals surface area contributed by atoms with E-state index in [1.54, 1.807) is 0 Å². The highest BCUT2D eigenvalue weighted by atomic mass is 15.2. The van der Waals surface area contributed by atoms with Crippen LogP contribution in [0.15, 0.2) is 72.8 Å². The quantitative estimate of drug-likeness (QED) is 0.489. The van der Waals surface area contributed by atoms with Crippen LogP contribution in [0, 0.1) is 19.3 Å². The van der Waals surface area contributed by atoms with Gasteiger partial charge in [0.05, 0.1) is 17.1 Å². The lowest BCUT2D eigenvalue weighted by molar-refractivity contribution is 0.566. The molecule has 0 bridgehead atoms. The van der Waals surface area contributed by atoms with Gasteiger partial charge in [-0.15, -0.1) is 0 Å². The highest BCUT2D eigenvalue weighted by molar-refractivity contribution is 5.76. The third-order valence-electron chi connectivity index (χ3n) is 5.61. The van der Waals surface area contributed by atoms with Crippen molar-refractivity contribution in [1.29, 1.82) is 5.41 Å². The number of aromatic nitrogens is 2. The van der Waals surface area contributed by atoms with Gasteiger partial charge < -0.3 is 9.13 Å². The maximum atomic E-state index is 8.92. The zero-order valence-corrected chi connectivity index (χ0v) is 16.8. The van der Waals surface area contributed by atoms with Gasteiger partial charge in [0.25, 0.3) is 0 Å². The fourth-order valence-corrected chi connectivity index (χ4v) is 3.86. The standard InChI is InChI=1S/C25H27N3/c1-18-8-12-21(13-9-18)16-17-27-23-6-4-5-7-24(23)28(25(27)26)20(3)22-14-10-19(2)11-15-22/h4-15,20,26H,16-17H2,1-3H3/t20-/m0/s1. The van der Waals surface area contributed by atoms with E-state index >= 15 is 0 Å². The summed E-state index contributed by atoms with van der Waals surface area (Å²) in [4.78, 5) is 0. The van der Waals surface area contributed by atoms with Crippen LogP contribution in [0.5, 0.6) is 0 Å². The molecule has 3 nitrogen and oxygen atoms in total. The van der Waals surface area contributed by atoms with E-state index in [4.69, 9.17) is 5.41 Å². The minimum Gasteiger partial charge on any atom is -0.310 e. The molecular formula is C25H27N3. The van der Waals surface area contributed by atoms with Gasteiger partial charge in [-0.3, -0.25) is 5.41 Å². The first kappa shape index (κ1) is 18.3. The highest BCUT2D eigenvalue weighted by Crippen LogP contribution is 2.23. The summed E-state index contributed by atoms with van der Waals surface area (Å²) in [6.45, 7) is 7.20. The normalized spacial score (nSPS) is 12.4. The molecule has 3 heteroatoms. The van der Waals surface area contributed by atoms with E-state index in [1.165, 1.54) is 22.3 Å². The second kappa shape index (κ2) is 7.51. The van der Waals surface area contributed by atoms with Crippen molar-refractivity contribution in [2.75, 3.05) is 0 Å². The van der Waals surface area contributed by atoms with Crippen LogP contribution < -0.4 is 5.62 Å². The second-order valence-corrected chi connectivity index (χ2v) is 7.66. The van der Waals surface area contributed by atoms with Crippen LogP contribution in [0.4, 0.5) is 0 Å². The maximum Gasteiger partial charge on any atom is 0.203 e. The van der Waals surface area contributed by atoms with Gasteiger partial charge >= 0.3 is 0 Å². The molecule has 0 spiro atoms. The highest BCUT2D eigenvalue weighted by Gasteiger charge is 2.16. The summed E-state index contributed by atoms with van der Waals surface area (Å²) in [6.07, 6.45) is 0.920. The summed E-state index contributed by atoms with van der Waals surface area (Å²) in [5.41, 5.74) is 7.87. The van der Waals surface area contributed by atoms with Crippen LogP contribution in [0.1, 0.15) is 35.2 Å². The average Bonchev–Trinajstić information content (AvgIpc) is 2.99. The second-order valence-electron chi connectivity index (χ2n) is 7.66. The molecule has 4 aromatic rings. The Hall–Kier alpha value is -3.07. The van der Waals surface area contributed by atoms with Crippen molar-refractivity contribution in [1.82, 2.24) is 9.13 Å². The predicted molar refractivity (Wildman–Crippen MR) is 116 cm³/mol. The number of nitrogens with one attached hydrogen (secondary N) is 1. The van der Waals surface area contributed by atoms with Crippen LogP contribution in [-0.2, 0) is 13.0 Å². The number of benzene rings is 3. The van der Waals surface area contributed by atoms with Crippen LogP contribution in [-0.4, -0.2) is 9.13 Å². The SMILES string of the molecule is Cc1ccc(CCn2c(=N)n([C@@H](C)c3ccc(C)cc3)c3ccccc32)cc1. The first-order valence-electron chi connectivity index (χ1n) is 9.91. The molecule has 0 amide bonds. The molecule has 4 rings (SSSR count). The van der Waals surface area contributed by atoms with Gasteiger partial charge in [0.1, 0.15) is 0 Å². The molecular weight excluding hydrogens is 342 g/mol. The van der Waals surface area contributed by atoms with E-state index in [2.05, 4.69) is 103 Å². The Morgan fingerprint density at radius 1 is 0.786 bits per heavy atom. The number of hydrogen-bond acceptors (Lipinski definition) is 1. The molecule has 0 aliphatic heterocycles. The molecule has 1 heterocycles. The lowest BCUT2D eigenvalue weighted by atomic mass is 10.1. The first-order valence-corrected chi connectivity index (χ1v) is 9.91. The molecule has 0 aliphatic rings. The van der Waals surface area contributed by atoms with Gasteiger partial charge in [0, 0.05) is 6.54 Å². The number of aryl methyl sites for hydroxylation is 4. The van der Waals surface area contributed by atoms with Crippen LogP contribution in [0.25, 0.3) is 11.0 Å². The van der Waals surface area contributed by atoms with E-state index in [9.17, 15) is 0 Å². The van der Waals surface area contributed by atoms with E-state index in [1.807, 2.05) is 0 Å². The van der Waals surface area contributed by atoms with Crippen molar-refractivity contribution in [2.24, 2.45) is 0 Å². The van der Waals surface area contributed by atoms with E-state index in [0.717, 1.165) is 24.0 Å². The number of rotatable bonds is 5. The molecule has 1 N–H and O–H groups in total. The van der Waals surface area contributed by atoms with Gasteiger partial charge in [-0.2, -0.15) is 0 Å². The van der Waals surface area contributed by atoms with Gasteiger partial charge in [-0.1, -0.05) is 71.8 Å². The topological polar surface area (TPSA) is 33.7 Å². The number of imidazole rings is 1. The summed E-state index contributed by atoms with van der Waals surface area (Å²) < 4.78 is 4.29. The minimum atomic E-state index is 0.110. The Morgan fingerprint density at radius 2 is 1.36 bits per heavy atom. The maximum absolute atomic E-state index is 8.92. The number of para-hydroxylation sites is 2. The molecule has 0 saturated carbocycles. The van der Waals surface area contributed by atoms with Gasteiger partial charge in [-0.05, 0) is 50.5 Å². The first-order chi connectivity index (χ1) is 13.5. The Morgan fingerprint density at radius 3 is 2.00 bits per heavy atom. The third-order valence-corrected chi connectivity index (χ3v) is 5.61. The number of nitrogens with zero attached hydrogens (tertiary/aromatic N) is 2. The van der Waals surface area contributed by atoms with Crippen LogP contribution in [0.3, 0.4) is 0 Å². The van der Waals surface area contributed by atoms with Crippen molar-refractivity contribution in [3.8, 4) is 0 Å². The van der Waals surface area contributed by atoms with Crippen molar-refractivity contribution in [3.63, 3.8) is 0 Å². The molecule has 28 heavy (non-hydrogen) atoms. The van der Waals surface area contributed by atoms with Gasteiger partial charge in [0.2, 0.25) is 5.62 Å². The Balaban J connectivity index is 1.74. The van der Waals surface area contributed by atoms with Gasteiger partial charge in [-0.25, -0.2) is 0 Å². The molecule has 0 unspecified atom stereocenters. The monoisotopic (exact) mass is 369 g/mol. The molecule has 142 valence electrons. The van der Waals surface area contributed by atoms with E-state index < -0.39 is 0 Å². The zero-order chi connectivity index (χ0) is 19.7. The fourth-order valence-electron chi connectivity index (χ4n) is 3.86. The molecule has 3 aromatic carbocycles. The average molecular weight is 370 g/mol. The van der Waals surface area contributed by atoms with Crippen LogP contribution in [0.2, 0.25) is 0 Å². The summed E-state index contributed by atoms with van der Waals surface area (Å²) in [6, 6.07) is 25.8. The van der Waals surface area contributed by atoms with E-state index in [0.29, 0.717) is 5.62 Å². The number of fused-ring (bicyclic) bond motifs is 1. The van der Waals surface area contributed by atoms with Gasteiger partial charge in [0.15, 0.2) is 0 Å². The molecule has 1 aromatic heterocycles. The van der Waals surface area contributed by atoms with Crippen molar-refractivity contribution >= 4 is 11.0 Å². The summed E-state index contributed by atoms with van der Waals surface area (Å²) >= 11 is 0. The summed E-state index contributed by atoms with van der Waals surface area (Å²) in [7, 11) is 0. The largest absolute Gasteiger partial charge is 0.310 e. The Labute approximate surface area is 166 Å². The van der Waals surface area contributed by atoms with Crippen molar-refractivity contribution in [3.05, 3.63) is 101 Å². The van der Waals surface area contributed by atoms with Crippen molar-refractivity contribution in [2.45, 2.75) is 39.8 Å². The molecule has 0 aliphatic carbocycles. The predicted octanol–water partition coefficient (Wildman–Crippen LogP) is 5.39. The molecule has 0 saturated heterocycles. The zero-order valence-electron chi connectivity index (χ0n) is 16.8. The molecule has 0 radical (unpaired) electrons.